The van der Waals surface area contributed by atoms with Gasteiger partial charge in [-0.15, -0.1) is 24.8 Å². The lowest BCUT2D eigenvalue weighted by Crippen LogP contribution is -2.42. The van der Waals surface area contributed by atoms with E-state index in [9.17, 15) is 5.11 Å². The molecule has 0 bridgehead atoms. The van der Waals surface area contributed by atoms with Gasteiger partial charge in [-0.3, -0.25) is 4.90 Å². The lowest BCUT2D eigenvalue weighted by Gasteiger charge is -2.28. The number of β-amino-alcohol motifs (C(OH)–C–C–N with tert-alkyl or cyclic N) is 1. The summed E-state index contributed by atoms with van der Waals surface area (Å²) in [5.41, 5.74) is 8.50. The zero-order valence-electron chi connectivity index (χ0n) is 16.9. The summed E-state index contributed by atoms with van der Waals surface area (Å²) in [5, 5.41) is 14.2. The van der Waals surface area contributed by atoms with Crippen LogP contribution in [0.4, 0.5) is 0 Å². The second-order valence-electron chi connectivity index (χ2n) is 7.02. The number of rotatable bonds is 9. The van der Waals surface area contributed by atoms with Crippen LogP contribution in [0.5, 0.6) is 0 Å². The Kier molecular flexibility index (Phi) is 12.4. The number of aliphatic hydroxyl groups is 1. The largest absolute Gasteiger partial charge is 0.392 e. The molecular weight excluding hydrogens is 425 g/mol. The molecule has 6 nitrogen and oxygen atoms in total. The van der Waals surface area contributed by atoms with E-state index in [1.165, 1.54) is 11.1 Å². The molecule has 1 atom stereocenters. The fourth-order valence-corrected chi connectivity index (χ4v) is 3.39. The quantitative estimate of drug-likeness (QED) is 0.345. The van der Waals surface area contributed by atoms with Crippen LogP contribution in [0.2, 0.25) is 0 Å². The molecule has 0 amide bonds. The van der Waals surface area contributed by atoms with Crippen LogP contribution in [0.25, 0.3) is 0 Å². The summed E-state index contributed by atoms with van der Waals surface area (Å²) in [4.78, 5) is 7.48. The van der Waals surface area contributed by atoms with Crippen molar-refractivity contribution in [2.24, 2.45) is 10.9 Å². The van der Waals surface area contributed by atoms with E-state index in [4.69, 9.17) is 15.3 Å². The number of morpholine rings is 1. The van der Waals surface area contributed by atoms with E-state index in [-0.39, 0.29) is 37.3 Å². The number of nitrogens with two attached hydrogens (primary N) is 1. The number of oxime groups is 1. The Labute approximate surface area is 190 Å². The standard InChI is InChI=1S/C22H29N3O3.2ClH/c23-22(24-28-17-20(26)16-25-11-13-27-14-12-25)15-21(18-7-3-1-4-8-18)19-9-5-2-6-10-19;;/h1-10,20-21,26H,11-17H2,(H2,23,24);2*1H. The van der Waals surface area contributed by atoms with E-state index >= 15 is 0 Å². The van der Waals surface area contributed by atoms with Crippen molar-refractivity contribution in [1.82, 2.24) is 4.90 Å². The van der Waals surface area contributed by atoms with Gasteiger partial charge in [-0.25, -0.2) is 0 Å². The number of nitrogens with zero attached hydrogens (tertiary/aromatic N) is 2. The highest BCUT2D eigenvalue weighted by atomic mass is 35.5. The molecule has 1 fully saturated rings. The molecule has 1 unspecified atom stereocenters. The molecule has 166 valence electrons. The lowest BCUT2D eigenvalue weighted by molar-refractivity contribution is -0.0132. The van der Waals surface area contributed by atoms with Crippen LogP contribution in [-0.4, -0.2) is 61.4 Å². The maximum Gasteiger partial charge on any atom is 0.144 e. The summed E-state index contributed by atoms with van der Waals surface area (Å²) in [6, 6.07) is 20.5. The van der Waals surface area contributed by atoms with Gasteiger partial charge in [0.25, 0.3) is 0 Å². The maximum absolute atomic E-state index is 10.1. The highest BCUT2D eigenvalue weighted by Crippen LogP contribution is 2.27. The number of amidine groups is 1. The molecule has 1 aliphatic heterocycles. The third-order valence-corrected chi connectivity index (χ3v) is 4.84. The average Bonchev–Trinajstić information content (AvgIpc) is 2.74. The molecule has 0 aliphatic carbocycles. The second kappa shape index (κ2) is 14.2. The van der Waals surface area contributed by atoms with Gasteiger partial charge in [-0.1, -0.05) is 65.8 Å². The predicted octanol–water partition coefficient (Wildman–Crippen LogP) is 3.03. The van der Waals surface area contributed by atoms with E-state index in [0.29, 0.717) is 32.0 Å². The highest BCUT2D eigenvalue weighted by Gasteiger charge is 2.17. The number of ether oxygens (including phenoxy) is 1. The number of hydrogen-bond donors (Lipinski definition) is 2. The Bertz CT molecular complexity index is 689. The van der Waals surface area contributed by atoms with E-state index in [1.807, 2.05) is 36.4 Å². The van der Waals surface area contributed by atoms with Crippen molar-refractivity contribution in [3.63, 3.8) is 0 Å². The normalized spacial score (nSPS) is 15.7. The highest BCUT2D eigenvalue weighted by molar-refractivity contribution is 5.85. The maximum atomic E-state index is 10.1. The van der Waals surface area contributed by atoms with Gasteiger partial charge in [-0.2, -0.15) is 0 Å². The van der Waals surface area contributed by atoms with Gasteiger partial charge in [0.15, 0.2) is 0 Å². The number of aliphatic hydroxyl groups excluding tert-OH is 1. The van der Waals surface area contributed by atoms with Crippen LogP contribution in [0.15, 0.2) is 65.8 Å². The fraction of sp³-hybridized carbons (Fsp3) is 0.409. The summed E-state index contributed by atoms with van der Waals surface area (Å²) >= 11 is 0. The van der Waals surface area contributed by atoms with Crippen LogP contribution in [0.3, 0.4) is 0 Å². The molecule has 1 aliphatic rings. The van der Waals surface area contributed by atoms with Crippen molar-refractivity contribution in [2.75, 3.05) is 39.5 Å². The van der Waals surface area contributed by atoms with Gasteiger partial charge in [0.2, 0.25) is 0 Å². The Balaban J connectivity index is 0.00000225. The smallest absolute Gasteiger partial charge is 0.144 e. The third-order valence-electron chi connectivity index (χ3n) is 4.84. The molecular formula is C22H31Cl2N3O3. The first-order chi connectivity index (χ1) is 13.7. The van der Waals surface area contributed by atoms with Crippen molar-refractivity contribution < 1.29 is 14.7 Å². The molecule has 3 N–H and O–H groups in total. The molecule has 0 radical (unpaired) electrons. The van der Waals surface area contributed by atoms with E-state index < -0.39 is 6.10 Å². The van der Waals surface area contributed by atoms with Crippen molar-refractivity contribution in [1.29, 1.82) is 0 Å². The minimum Gasteiger partial charge on any atom is -0.392 e. The van der Waals surface area contributed by atoms with Gasteiger partial charge in [0.05, 0.1) is 13.2 Å². The molecule has 3 rings (SSSR count). The number of hydrogen-bond acceptors (Lipinski definition) is 5. The predicted molar refractivity (Wildman–Crippen MR) is 125 cm³/mol. The van der Waals surface area contributed by atoms with E-state index in [0.717, 1.165) is 13.1 Å². The Morgan fingerprint density at radius 2 is 1.53 bits per heavy atom. The molecule has 1 saturated heterocycles. The van der Waals surface area contributed by atoms with E-state index in [2.05, 4.69) is 34.3 Å². The topological polar surface area (TPSA) is 80.3 Å². The zero-order chi connectivity index (χ0) is 19.6. The van der Waals surface area contributed by atoms with Crippen LogP contribution in [0.1, 0.15) is 23.5 Å². The second-order valence-corrected chi connectivity index (χ2v) is 7.02. The number of halogens is 2. The Morgan fingerprint density at radius 3 is 2.07 bits per heavy atom. The van der Waals surface area contributed by atoms with Crippen molar-refractivity contribution in [3.8, 4) is 0 Å². The van der Waals surface area contributed by atoms with Gasteiger partial charge < -0.3 is 20.4 Å². The van der Waals surface area contributed by atoms with E-state index in [1.54, 1.807) is 0 Å². The van der Waals surface area contributed by atoms with Crippen LogP contribution in [0, 0.1) is 0 Å². The average molecular weight is 456 g/mol. The first-order valence-corrected chi connectivity index (χ1v) is 9.74. The lowest BCUT2D eigenvalue weighted by atomic mass is 9.88. The van der Waals surface area contributed by atoms with Crippen molar-refractivity contribution >= 4 is 30.6 Å². The summed E-state index contributed by atoms with van der Waals surface area (Å²) in [6.07, 6.45) is -0.0539. The first-order valence-electron chi connectivity index (χ1n) is 9.74. The third kappa shape index (κ3) is 8.50. The minimum absolute atomic E-state index is 0. The Morgan fingerprint density at radius 1 is 1.00 bits per heavy atom. The first kappa shape index (κ1) is 26.2. The number of benzene rings is 2. The molecule has 30 heavy (non-hydrogen) atoms. The molecule has 0 spiro atoms. The molecule has 1 heterocycles. The summed E-state index contributed by atoms with van der Waals surface area (Å²) in [5.74, 6) is 0.518. The SMILES string of the molecule is Cl.Cl.NC(CC(c1ccccc1)c1ccccc1)=NOCC(O)CN1CCOCC1. The minimum atomic E-state index is -0.603. The van der Waals surface area contributed by atoms with Gasteiger partial charge >= 0.3 is 0 Å². The molecule has 2 aromatic carbocycles. The van der Waals surface area contributed by atoms with Crippen LogP contribution < -0.4 is 5.73 Å². The molecule has 2 aromatic rings. The fourth-order valence-electron chi connectivity index (χ4n) is 3.39. The van der Waals surface area contributed by atoms with Crippen LogP contribution >= 0.6 is 24.8 Å². The molecule has 0 saturated carbocycles. The summed E-state index contributed by atoms with van der Waals surface area (Å²) in [6.45, 7) is 3.75. The molecule has 8 heteroatoms. The van der Waals surface area contributed by atoms with Gasteiger partial charge in [-0.05, 0) is 11.1 Å². The van der Waals surface area contributed by atoms with Crippen molar-refractivity contribution in [3.05, 3.63) is 71.8 Å². The van der Waals surface area contributed by atoms with Crippen molar-refractivity contribution in [2.45, 2.75) is 18.4 Å². The monoisotopic (exact) mass is 455 g/mol. The van der Waals surface area contributed by atoms with Gasteiger partial charge in [0.1, 0.15) is 18.5 Å². The molecule has 0 aromatic heterocycles. The van der Waals surface area contributed by atoms with Crippen LogP contribution in [-0.2, 0) is 9.57 Å². The zero-order valence-corrected chi connectivity index (χ0v) is 18.6. The summed E-state index contributed by atoms with van der Waals surface area (Å²) in [7, 11) is 0. The Hall–Kier alpha value is -1.83. The summed E-state index contributed by atoms with van der Waals surface area (Å²) < 4.78 is 5.31. The van der Waals surface area contributed by atoms with Gasteiger partial charge in [0, 0.05) is 32.0 Å².